The minimum Gasteiger partial charge on any atom is -0.340 e. The molecule has 3 heterocycles. The van der Waals surface area contributed by atoms with E-state index >= 15 is 0 Å². The second kappa shape index (κ2) is 7.30. The first-order valence-electron chi connectivity index (χ1n) is 8.67. The third-order valence-corrected chi connectivity index (χ3v) is 4.94. The molecule has 1 saturated heterocycles. The molecule has 0 unspecified atom stereocenters. The van der Waals surface area contributed by atoms with Crippen LogP contribution in [0.3, 0.4) is 0 Å². The van der Waals surface area contributed by atoms with E-state index in [1.54, 1.807) is 4.57 Å². The monoisotopic (exact) mass is 403 g/mol. The maximum Gasteiger partial charge on any atom is 0.207 e. The minimum atomic E-state index is -1.08. The Morgan fingerprint density at radius 2 is 2.07 bits per heavy atom. The van der Waals surface area contributed by atoms with Crippen LogP contribution < -0.4 is 10.6 Å². The highest BCUT2D eigenvalue weighted by Crippen LogP contribution is 2.29. The van der Waals surface area contributed by atoms with Crippen LogP contribution in [0.2, 0.25) is 5.02 Å². The normalized spacial score (nSPS) is 19.8. The molecule has 1 aromatic carbocycles. The first-order chi connectivity index (χ1) is 13.5. The summed E-state index contributed by atoms with van der Waals surface area (Å²) in [5, 5.41) is 9.78. The molecule has 10 heteroatoms. The van der Waals surface area contributed by atoms with Crippen molar-refractivity contribution in [1.29, 1.82) is 5.26 Å². The van der Waals surface area contributed by atoms with Crippen LogP contribution in [-0.2, 0) is 6.54 Å². The van der Waals surface area contributed by atoms with E-state index in [1.807, 2.05) is 11.0 Å². The molecule has 1 aliphatic rings. The molecule has 0 amide bonds. The van der Waals surface area contributed by atoms with Gasteiger partial charge < -0.3 is 15.2 Å². The number of nitriles is 1. The quantitative estimate of drug-likeness (QED) is 0.721. The van der Waals surface area contributed by atoms with Gasteiger partial charge in [0.1, 0.15) is 29.4 Å². The fourth-order valence-electron chi connectivity index (χ4n) is 3.36. The van der Waals surface area contributed by atoms with Crippen LogP contribution in [0.4, 0.5) is 14.7 Å². The van der Waals surface area contributed by atoms with E-state index in [9.17, 15) is 14.0 Å². The first kappa shape index (κ1) is 18.5. The third-order valence-electron chi connectivity index (χ3n) is 4.75. The number of aromatic nitrogens is 4. The Labute approximate surface area is 164 Å². The Morgan fingerprint density at radius 1 is 1.32 bits per heavy atom. The molecule has 2 atom stereocenters. The molecule has 3 aromatic rings. The SMILES string of the molecule is N#Cc1cc(F)cc2c1nc(N1CC[C@@H](F)[C@H](N)C1)n2Cc1ncc(Cl)cn1. The fraction of sp³-hybridized carbons (Fsp3) is 0.333. The highest BCUT2D eigenvalue weighted by molar-refractivity contribution is 6.30. The molecule has 2 aromatic heterocycles. The second-order valence-corrected chi connectivity index (χ2v) is 7.10. The van der Waals surface area contributed by atoms with E-state index in [-0.39, 0.29) is 25.1 Å². The van der Waals surface area contributed by atoms with Crippen molar-refractivity contribution in [3.8, 4) is 6.07 Å². The molecule has 0 saturated carbocycles. The first-order valence-corrected chi connectivity index (χ1v) is 9.05. The van der Waals surface area contributed by atoms with Gasteiger partial charge in [-0.25, -0.2) is 23.7 Å². The second-order valence-electron chi connectivity index (χ2n) is 6.66. The lowest BCUT2D eigenvalue weighted by Gasteiger charge is -2.34. The van der Waals surface area contributed by atoms with E-state index in [0.717, 1.165) is 6.07 Å². The van der Waals surface area contributed by atoms with Gasteiger partial charge in [-0.15, -0.1) is 0 Å². The lowest BCUT2D eigenvalue weighted by molar-refractivity contribution is 0.243. The van der Waals surface area contributed by atoms with Crippen LogP contribution in [0.15, 0.2) is 24.5 Å². The zero-order valence-corrected chi connectivity index (χ0v) is 15.4. The molecule has 28 heavy (non-hydrogen) atoms. The van der Waals surface area contributed by atoms with Crippen molar-refractivity contribution in [2.75, 3.05) is 18.0 Å². The molecule has 1 aliphatic heterocycles. The van der Waals surface area contributed by atoms with E-state index < -0.39 is 18.0 Å². The number of hydrogen-bond donors (Lipinski definition) is 1. The number of piperidine rings is 1. The Bertz CT molecular complexity index is 1060. The summed E-state index contributed by atoms with van der Waals surface area (Å²) in [6.45, 7) is 0.850. The largest absolute Gasteiger partial charge is 0.340 e. The average Bonchev–Trinajstić information content (AvgIpc) is 3.03. The van der Waals surface area contributed by atoms with Gasteiger partial charge in [0.05, 0.1) is 28.7 Å². The summed E-state index contributed by atoms with van der Waals surface area (Å²) in [7, 11) is 0. The molecule has 0 spiro atoms. The molecule has 4 rings (SSSR count). The number of alkyl halides is 1. The van der Waals surface area contributed by atoms with Gasteiger partial charge in [-0.2, -0.15) is 5.26 Å². The fourth-order valence-corrected chi connectivity index (χ4v) is 3.45. The summed E-state index contributed by atoms with van der Waals surface area (Å²) in [4.78, 5) is 14.8. The summed E-state index contributed by atoms with van der Waals surface area (Å²) < 4.78 is 29.6. The lowest BCUT2D eigenvalue weighted by Crippen LogP contribution is -2.50. The van der Waals surface area contributed by atoms with Crippen LogP contribution in [0, 0.1) is 17.1 Å². The van der Waals surface area contributed by atoms with Gasteiger partial charge in [-0.05, 0) is 18.6 Å². The summed E-state index contributed by atoms with van der Waals surface area (Å²) in [5.41, 5.74) is 6.81. The Balaban J connectivity index is 1.85. The number of imidazole rings is 1. The predicted octanol–water partition coefficient (Wildman–Crippen LogP) is 2.41. The van der Waals surface area contributed by atoms with Crippen molar-refractivity contribution in [1.82, 2.24) is 19.5 Å². The minimum absolute atomic E-state index is 0.122. The van der Waals surface area contributed by atoms with Crippen LogP contribution in [0.25, 0.3) is 11.0 Å². The van der Waals surface area contributed by atoms with E-state index in [2.05, 4.69) is 15.0 Å². The Kier molecular flexibility index (Phi) is 4.83. The van der Waals surface area contributed by atoms with Crippen molar-refractivity contribution >= 4 is 28.6 Å². The number of anilines is 1. The van der Waals surface area contributed by atoms with Gasteiger partial charge in [0, 0.05) is 25.5 Å². The topological polar surface area (TPSA) is 96.7 Å². The Morgan fingerprint density at radius 3 is 2.75 bits per heavy atom. The van der Waals surface area contributed by atoms with Gasteiger partial charge in [0.25, 0.3) is 0 Å². The zero-order valence-electron chi connectivity index (χ0n) is 14.7. The Hall–Kier alpha value is -2.83. The molecule has 0 aliphatic carbocycles. The standard InChI is InChI=1S/C18H16ClF2N7/c19-11-6-24-16(25-7-11)9-28-15-4-12(20)3-10(5-22)17(15)26-18(28)27-2-1-13(21)14(23)8-27/h3-4,6-7,13-14H,1-2,8-9,23H2/t13-,14-/m1/s1. The van der Waals surface area contributed by atoms with E-state index in [4.69, 9.17) is 17.3 Å². The van der Waals surface area contributed by atoms with Gasteiger partial charge in [0.2, 0.25) is 5.95 Å². The number of benzene rings is 1. The van der Waals surface area contributed by atoms with Gasteiger partial charge in [-0.1, -0.05) is 11.6 Å². The molecule has 1 fully saturated rings. The average molecular weight is 404 g/mol. The summed E-state index contributed by atoms with van der Waals surface area (Å²) in [6, 6.07) is 3.77. The number of nitrogens with two attached hydrogens (primary N) is 1. The number of halogens is 3. The lowest BCUT2D eigenvalue weighted by atomic mass is 10.1. The smallest absolute Gasteiger partial charge is 0.207 e. The molecule has 2 N–H and O–H groups in total. The van der Waals surface area contributed by atoms with Crippen molar-refractivity contribution < 1.29 is 8.78 Å². The third kappa shape index (κ3) is 3.37. The number of rotatable bonds is 3. The van der Waals surface area contributed by atoms with Crippen LogP contribution >= 0.6 is 11.6 Å². The van der Waals surface area contributed by atoms with Crippen LogP contribution in [0.1, 0.15) is 17.8 Å². The molecule has 7 nitrogen and oxygen atoms in total. The van der Waals surface area contributed by atoms with Crippen molar-refractivity contribution in [2.45, 2.75) is 25.2 Å². The maximum absolute atomic E-state index is 14.1. The highest BCUT2D eigenvalue weighted by Gasteiger charge is 2.30. The molecule has 144 valence electrons. The zero-order chi connectivity index (χ0) is 19.8. The van der Waals surface area contributed by atoms with Gasteiger partial charge in [-0.3, -0.25) is 0 Å². The van der Waals surface area contributed by atoms with Crippen molar-refractivity contribution in [3.63, 3.8) is 0 Å². The number of fused-ring (bicyclic) bond motifs is 1. The number of hydrogen-bond acceptors (Lipinski definition) is 6. The summed E-state index contributed by atoms with van der Waals surface area (Å²) >= 11 is 5.84. The van der Waals surface area contributed by atoms with Crippen LogP contribution in [-0.4, -0.2) is 44.8 Å². The van der Waals surface area contributed by atoms with Gasteiger partial charge in [0.15, 0.2) is 0 Å². The van der Waals surface area contributed by atoms with E-state index in [1.165, 1.54) is 18.5 Å². The number of nitrogens with zero attached hydrogens (tertiary/aromatic N) is 6. The summed E-state index contributed by atoms with van der Waals surface area (Å²) in [5.74, 6) is 0.364. The van der Waals surface area contributed by atoms with Gasteiger partial charge >= 0.3 is 0 Å². The molecule has 0 radical (unpaired) electrons. The van der Waals surface area contributed by atoms with Crippen molar-refractivity contribution in [3.05, 3.63) is 46.8 Å². The molecular formula is C18H16ClF2N7. The molecule has 0 bridgehead atoms. The predicted molar refractivity (Wildman–Crippen MR) is 100 cm³/mol. The maximum atomic E-state index is 14.1. The molecular weight excluding hydrogens is 388 g/mol. The highest BCUT2D eigenvalue weighted by atomic mass is 35.5. The van der Waals surface area contributed by atoms with Crippen molar-refractivity contribution in [2.24, 2.45) is 5.73 Å². The van der Waals surface area contributed by atoms with E-state index in [0.29, 0.717) is 34.4 Å². The summed E-state index contributed by atoms with van der Waals surface area (Å²) in [6.07, 6.45) is 2.12. The van der Waals surface area contributed by atoms with Crippen LogP contribution in [0.5, 0.6) is 0 Å².